The van der Waals surface area contributed by atoms with Crippen molar-refractivity contribution in [1.29, 1.82) is 0 Å². The van der Waals surface area contributed by atoms with Gasteiger partial charge in [0.2, 0.25) is 5.13 Å². The van der Waals surface area contributed by atoms with Crippen molar-refractivity contribution in [1.82, 2.24) is 4.98 Å². The van der Waals surface area contributed by atoms with Gasteiger partial charge < -0.3 is 4.74 Å². The highest BCUT2D eigenvalue weighted by atomic mass is 32.1. The van der Waals surface area contributed by atoms with Crippen LogP contribution >= 0.6 is 22.7 Å². The maximum atomic E-state index is 11.3. The molecule has 19 heavy (non-hydrogen) atoms. The summed E-state index contributed by atoms with van der Waals surface area (Å²) in [5.41, 5.74) is 3.53. The summed E-state index contributed by atoms with van der Waals surface area (Å²) in [6.07, 6.45) is 1.93. The third kappa shape index (κ3) is 4.46. The van der Waals surface area contributed by atoms with Gasteiger partial charge in [0, 0.05) is 10.3 Å². The molecule has 0 unspecified atom stereocenters. The molecule has 0 aliphatic rings. The summed E-state index contributed by atoms with van der Waals surface area (Å²) >= 11 is 3.02. The predicted molar refractivity (Wildman–Crippen MR) is 78.0 cm³/mol. The number of rotatable bonds is 6. The van der Waals surface area contributed by atoms with E-state index in [0.717, 1.165) is 4.88 Å². The summed E-state index contributed by atoms with van der Waals surface area (Å²) < 4.78 is 4.86. The Morgan fingerprint density at radius 2 is 2.47 bits per heavy atom. The van der Waals surface area contributed by atoms with E-state index in [1.54, 1.807) is 24.5 Å². The summed E-state index contributed by atoms with van der Waals surface area (Å²) in [5, 5.41) is 8.55. The molecule has 2 aromatic heterocycles. The van der Waals surface area contributed by atoms with E-state index in [1.165, 1.54) is 11.3 Å². The first-order valence-electron chi connectivity index (χ1n) is 5.70. The Morgan fingerprint density at radius 3 is 3.21 bits per heavy atom. The minimum atomic E-state index is -0.263. The molecular weight excluding hydrogens is 282 g/mol. The lowest BCUT2D eigenvalue weighted by atomic mass is 10.3. The molecule has 0 saturated carbocycles. The molecule has 0 spiro atoms. The normalized spacial score (nSPS) is 10.8. The molecule has 2 heterocycles. The highest BCUT2D eigenvalue weighted by Gasteiger charge is 2.07. The second-order valence-corrected chi connectivity index (χ2v) is 5.35. The zero-order valence-electron chi connectivity index (χ0n) is 10.3. The number of nitrogens with zero attached hydrogens (tertiary/aromatic N) is 2. The van der Waals surface area contributed by atoms with Crippen LogP contribution in [-0.2, 0) is 16.0 Å². The van der Waals surface area contributed by atoms with Crippen molar-refractivity contribution in [2.75, 3.05) is 12.0 Å². The van der Waals surface area contributed by atoms with Crippen LogP contribution in [0.25, 0.3) is 0 Å². The van der Waals surface area contributed by atoms with Gasteiger partial charge in [-0.25, -0.2) is 4.98 Å². The Kier molecular flexibility index (Phi) is 5.05. The Balaban J connectivity index is 1.85. The number of thiophene rings is 1. The highest BCUT2D eigenvalue weighted by Crippen LogP contribution is 2.16. The summed E-state index contributed by atoms with van der Waals surface area (Å²) in [6, 6.07) is 3.94. The van der Waals surface area contributed by atoms with Crippen molar-refractivity contribution in [3.63, 3.8) is 0 Å². The fraction of sp³-hybridized carbons (Fsp3) is 0.250. The molecule has 0 radical (unpaired) electrons. The summed E-state index contributed by atoms with van der Waals surface area (Å²) in [7, 11) is 0. The van der Waals surface area contributed by atoms with Crippen LogP contribution in [0.3, 0.4) is 0 Å². The molecule has 100 valence electrons. The minimum Gasteiger partial charge on any atom is -0.466 e. The SMILES string of the molecule is CCOC(=O)Cc1csc(N/N=C/c2cccs2)n1. The number of aromatic nitrogens is 1. The smallest absolute Gasteiger partial charge is 0.311 e. The van der Waals surface area contributed by atoms with Crippen LogP contribution in [0.4, 0.5) is 5.13 Å². The maximum Gasteiger partial charge on any atom is 0.311 e. The van der Waals surface area contributed by atoms with E-state index in [9.17, 15) is 4.79 Å². The Morgan fingerprint density at radius 1 is 1.58 bits per heavy atom. The molecule has 7 heteroatoms. The van der Waals surface area contributed by atoms with E-state index >= 15 is 0 Å². The maximum absolute atomic E-state index is 11.3. The molecular formula is C12H13N3O2S2. The van der Waals surface area contributed by atoms with Gasteiger partial charge in [-0.15, -0.1) is 22.7 Å². The Hall–Kier alpha value is -1.73. The van der Waals surface area contributed by atoms with Crippen LogP contribution in [0.5, 0.6) is 0 Å². The van der Waals surface area contributed by atoms with Crippen LogP contribution < -0.4 is 5.43 Å². The molecule has 5 nitrogen and oxygen atoms in total. The van der Waals surface area contributed by atoms with Gasteiger partial charge in [-0.1, -0.05) is 6.07 Å². The molecule has 0 atom stereocenters. The molecule has 0 amide bonds. The standard InChI is InChI=1S/C12H13N3O2S2/c1-2-17-11(16)6-9-8-19-12(14-9)15-13-7-10-4-3-5-18-10/h3-5,7-8H,2,6H2,1H3,(H,14,15)/b13-7+. The first kappa shape index (κ1) is 13.7. The number of ether oxygens (including phenoxy) is 1. The lowest BCUT2D eigenvalue weighted by molar-refractivity contribution is -0.142. The van der Waals surface area contributed by atoms with E-state index < -0.39 is 0 Å². The fourth-order valence-electron chi connectivity index (χ4n) is 1.32. The average molecular weight is 295 g/mol. The van der Waals surface area contributed by atoms with E-state index in [2.05, 4.69) is 15.5 Å². The van der Waals surface area contributed by atoms with Crippen LogP contribution in [0.1, 0.15) is 17.5 Å². The number of hydrogen-bond donors (Lipinski definition) is 1. The van der Waals surface area contributed by atoms with Gasteiger partial charge in [-0.3, -0.25) is 10.2 Å². The minimum absolute atomic E-state index is 0.195. The van der Waals surface area contributed by atoms with E-state index in [4.69, 9.17) is 4.74 Å². The van der Waals surface area contributed by atoms with Gasteiger partial charge in [0.1, 0.15) is 0 Å². The van der Waals surface area contributed by atoms with E-state index in [0.29, 0.717) is 17.4 Å². The predicted octanol–water partition coefficient (Wildman–Crippen LogP) is 2.76. The van der Waals surface area contributed by atoms with Crippen molar-refractivity contribution in [2.45, 2.75) is 13.3 Å². The van der Waals surface area contributed by atoms with Gasteiger partial charge in [0.05, 0.1) is 24.9 Å². The molecule has 0 aromatic carbocycles. The summed E-state index contributed by atoms with van der Waals surface area (Å²) in [6.45, 7) is 2.17. The molecule has 0 aliphatic heterocycles. The number of esters is 1. The van der Waals surface area contributed by atoms with Crippen molar-refractivity contribution in [3.05, 3.63) is 33.5 Å². The number of anilines is 1. The van der Waals surface area contributed by atoms with Crippen LogP contribution in [-0.4, -0.2) is 23.8 Å². The van der Waals surface area contributed by atoms with Gasteiger partial charge in [0.25, 0.3) is 0 Å². The molecule has 2 rings (SSSR count). The molecule has 0 fully saturated rings. The van der Waals surface area contributed by atoms with Crippen molar-refractivity contribution in [2.24, 2.45) is 5.10 Å². The molecule has 0 saturated heterocycles. The average Bonchev–Trinajstić information content (AvgIpc) is 3.01. The molecule has 0 aliphatic carbocycles. The number of nitrogens with one attached hydrogen (secondary N) is 1. The second kappa shape index (κ2) is 7.01. The monoisotopic (exact) mass is 295 g/mol. The zero-order chi connectivity index (χ0) is 13.5. The van der Waals surface area contributed by atoms with Crippen molar-refractivity contribution >= 4 is 40.0 Å². The van der Waals surface area contributed by atoms with Gasteiger partial charge in [0.15, 0.2) is 0 Å². The first-order chi connectivity index (χ1) is 9.28. The van der Waals surface area contributed by atoms with Crippen LogP contribution in [0, 0.1) is 0 Å². The van der Waals surface area contributed by atoms with Crippen molar-refractivity contribution in [3.8, 4) is 0 Å². The number of hydrogen-bond acceptors (Lipinski definition) is 7. The lowest BCUT2D eigenvalue weighted by Gasteiger charge is -1.97. The zero-order valence-corrected chi connectivity index (χ0v) is 12.0. The van der Waals surface area contributed by atoms with Gasteiger partial charge >= 0.3 is 5.97 Å². The number of carbonyl (C=O) groups excluding carboxylic acids is 1. The third-order valence-electron chi connectivity index (χ3n) is 2.08. The largest absolute Gasteiger partial charge is 0.466 e. The van der Waals surface area contributed by atoms with Gasteiger partial charge in [-0.2, -0.15) is 5.10 Å². The Bertz CT molecular complexity index is 549. The molecule has 1 N–H and O–H groups in total. The van der Waals surface area contributed by atoms with Crippen molar-refractivity contribution < 1.29 is 9.53 Å². The third-order valence-corrected chi connectivity index (χ3v) is 3.68. The Labute approximate surface area is 119 Å². The second-order valence-electron chi connectivity index (χ2n) is 3.51. The van der Waals surface area contributed by atoms with E-state index in [-0.39, 0.29) is 12.4 Å². The number of hydrazone groups is 1. The van der Waals surface area contributed by atoms with Crippen LogP contribution in [0.2, 0.25) is 0 Å². The first-order valence-corrected chi connectivity index (χ1v) is 7.46. The number of thiazole rings is 1. The fourth-order valence-corrected chi connectivity index (χ4v) is 2.56. The quantitative estimate of drug-likeness (QED) is 0.505. The van der Waals surface area contributed by atoms with E-state index in [1.807, 2.05) is 22.9 Å². The number of carbonyl (C=O) groups is 1. The molecule has 2 aromatic rings. The summed E-state index contributed by atoms with van der Waals surface area (Å²) in [4.78, 5) is 16.6. The lowest BCUT2D eigenvalue weighted by Crippen LogP contribution is -2.07. The van der Waals surface area contributed by atoms with Crippen LogP contribution in [0.15, 0.2) is 28.0 Å². The van der Waals surface area contributed by atoms with Gasteiger partial charge in [-0.05, 0) is 18.4 Å². The highest BCUT2D eigenvalue weighted by molar-refractivity contribution is 7.13. The topological polar surface area (TPSA) is 63.6 Å². The molecule has 0 bridgehead atoms. The summed E-state index contributed by atoms with van der Waals surface area (Å²) in [5.74, 6) is -0.263.